The normalized spacial score (nSPS) is 23.7. The van der Waals surface area contributed by atoms with Crippen LogP contribution in [0.1, 0.15) is 44.5 Å². The Kier molecular flexibility index (Phi) is 6.02. The van der Waals surface area contributed by atoms with Crippen LogP contribution in [-0.2, 0) is 19.7 Å². The van der Waals surface area contributed by atoms with E-state index in [1.807, 2.05) is 80.7 Å². The number of allylic oxidation sites excluding steroid dienone is 2. The minimum Gasteiger partial charge on any atom is -1.00 e. The fourth-order valence-corrected chi connectivity index (χ4v) is 10.4. The fraction of sp³-hybridized carbons (Fsp3) is 0.308. The predicted octanol–water partition coefficient (Wildman–Crippen LogP) is 2.40. The molecule has 2 unspecified atom stereocenters. The molecule has 0 aliphatic heterocycles. The summed E-state index contributed by atoms with van der Waals surface area (Å²) in [4.78, 5) is 26.3. The van der Waals surface area contributed by atoms with E-state index in [-0.39, 0.29) is 26.2 Å². The van der Waals surface area contributed by atoms with Gasteiger partial charge in [0.25, 0.3) is 0 Å². The summed E-state index contributed by atoms with van der Waals surface area (Å²) in [6.45, 7) is 9.88. The van der Waals surface area contributed by atoms with Crippen molar-refractivity contribution in [3.8, 4) is 0 Å². The summed E-state index contributed by atoms with van der Waals surface area (Å²) in [5.41, 5.74) is 5.11. The Bertz CT molecular complexity index is 1190. The third-order valence-corrected chi connectivity index (χ3v) is 12.7. The number of carbonyl (C=O) groups is 2. The summed E-state index contributed by atoms with van der Waals surface area (Å²) < 4.78 is 0. The fourth-order valence-electron chi connectivity index (χ4n) is 5.83. The van der Waals surface area contributed by atoms with Gasteiger partial charge >= 0.3 is 30.8 Å². The topological polar surface area (TPSA) is 74.6 Å². The maximum absolute atomic E-state index is 13.2. The number of carboxylic acids is 2. The van der Waals surface area contributed by atoms with Gasteiger partial charge in [0.1, 0.15) is 18.2 Å². The third kappa shape index (κ3) is 2.81. The van der Waals surface area contributed by atoms with Crippen LogP contribution < -0.4 is 18.9 Å². The molecule has 6 heteroatoms. The molecule has 2 N–H and O–H groups in total. The van der Waals surface area contributed by atoms with Crippen molar-refractivity contribution in [1.29, 1.82) is 0 Å². The summed E-state index contributed by atoms with van der Waals surface area (Å²) in [6, 6.07) is 15.1. The number of rotatable bonds is 5. The molecule has 162 valence electrons. The molecule has 2 aromatic carbocycles. The van der Waals surface area contributed by atoms with Crippen molar-refractivity contribution < 1.29 is 40.1 Å². The molecule has 2 aliphatic carbocycles. The molecule has 2 atom stereocenters. The number of hydrogen-bond donors (Lipinski definition) is 2. The summed E-state index contributed by atoms with van der Waals surface area (Å²) >= 11 is 0. The zero-order valence-corrected chi connectivity index (χ0v) is 20.6. The van der Waals surface area contributed by atoms with Crippen molar-refractivity contribution in [3.05, 3.63) is 82.9 Å². The van der Waals surface area contributed by atoms with Gasteiger partial charge in [-0.1, -0.05) is 87.6 Å². The van der Waals surface area contributed by atoms with Crippen LogP contribution in [0.25, 0.3) is 11.1 Å². The van der Waals surface area contributed by atoms with E-state index >= 15 is 0 Å². The molecule has 0 radical (unpaired) electrons. The number of aliphatic carboxylic acids is 2. The van der Waals surface area contributed by atoms with Crippen molar-refractivity contribution in [2.75, 3.05) is 0 Å². The van der Waals surface area contributed by atoms with Gasteiger partial charge in [-0.2, -0.15) is 0 Å². The van der Waals surface area contributed by atoms with Crippen molar-refractivity contribution in [2.45, 2.75) is 43.9 Å². The third-order valence-electron chi connectivity index (χ3n) is 7.51. The summed E-state index contributed by atoms with van der Waals surface area (Å²) in [6.07, 6.45) is 3.70. The van der Waals surface area contributed by atoms with E-state index in [4.69, 9.17) is 0 Å². The quantitative estimate of drug-likeness (QED) is 0.701. The Morgan fingerprint density at radius 2 is 1.28 bits per heavy atom. The Morgan fingerprint density at radius 3 is 1.78 bits per heavy atom. The van der Waals surface area contributed by atoms with Crippen molar-refractivity contribution in [1.82, 2.24) is 0 Å². The van der Waals surface area contributed by atoms with Crippen LogP contribution >= 0.6 is 0 Å². The van der Waals surface area contributed by atoms with Gasteiger partial charge in [0.15, 0.2) is 0 Å². The van der Waals surface area contributed by atoms with Crippen LogP contribution in [0.3, 0.4) is 0 Å². The van der Waals surface area contributed by atoms with Crippen molar-refractivity contribution in [2.24, 2.45) is 5.92 Å². The smallest absolute Gasteiger partial charge is 1.00 e. The molecule has 32 heavy (non-hydrogen) atoms. The first-order valence-electron chi connectivity index (χ1n) is 10.6. The SMILES string of the molecule is CC1=CC(C(=O)O)([Si](C)(C)C2(C(=O)O)C=C(C(C)C)c3ccccc32)c2ccccc21.[H-].[Li+]. The van der Waals surface area contributed by atoms with Crippen molar-refractivity contribution in [3.63, 3.8) is 0 Å². The average Bonchev–Trinajstić information content (AvgIpc) is 3.24. The van der Waals surface area contributed by atoms with Gasteiger partial charge < -0.3 is 11.6 Å². The molecule has 0 saturated carbocycles. The average molecular weight is 441 g/mol. The van der Waals surface area contributed by atoms with Gasteiger partial charge in [0, 0.05) is 0 Å². The minimum absolute atomic E-state index is 0. The van der Waals surface area contributed by atoms with Crippen LogP contribution in [0.5, 0.6) is 0 Å². The molecule has 0 heterocycles. The van der Waals surface area contributed by atoms with E-state index in [1.165, 1.54) is 0 Å². The number of fused-ring (bicyclic) bond motifs is 2. The Hall–Kier alpha value is -2.33. The summed E-state index contributed by atoms with van der Waals surface area (Å²) in [7, 11) is -3.25. The van der Waals surface area contributed by atoms with Gasteiger partial charge in [0.2, 0.25) is 0 Å². The molecule has 0 spiro atoms. The monoisotopic (exact) mass is 440 g/mol. The molecule has 2 aromatic rings. The molecular weight excluding hydrogens is 411 g/mol. The number of hydrogen-bond acceptors (Lipinski definition) is 2. The zero-order chi connectivity index (χ0) is 22.8. The maximum Gasteiger partial charge on any atom is 1.00 e. The van der Waals surface area contributed by atoms with Crippen molar-refractivity contribution >= 4 is 31.2 Å². The van der Waals surface area contributed by atoms with Crippen LogP contribution in [0.4, 0.5) is 0 Å². The number of benzene rings is 2. The first-order chi connectivity index (χ1) is 14.5. The first-order valence-corrected chi connectivity index (χ1v) is 13.6. The van der Waals surface area contributed by atoms with Gasteiger partial charge in [0.05, 0.1) is 0 Å². The van der Waals surface area contributed by atoms with E-state index in [1.54, 1.807) is 0 Å². The molecule has 0 fully saturated rings. The Balaban J connectivity index is 0.00000193. The number of carboxylic acid groups (broad SMARTS) is 2. The summed E-state index contributed by atoms with van der Waals surface area (Å²) in [5.74, 6) is -1.82. The van der Waals surface area contributed by atoms with Gasteiger partial charge in [-0.25, -0.2) is 0 Å². The second-order valence-electron chi connectivity index (χ2n) is 9.52. The second-order valence-corrected chi connectivity index (χ2v) is 14.4. The molecule has 0 amide bonds. The van der Waals surface area contributed by atoms with Gasteiger partial charge in [-0.15, -0.1) is 0 Å². The van der Waals surface area contributed by atoms with E-state index < -0.39 is 30.1 Å². The second kappa shape index (κ2) is 7.91. The standard InChI is InChI=1S/C26H28O4Si.Li.H/c1-16(2)20-15-26(24(29)30,22-13-9-7-11-19(20)22)31(4,5)25(23(27)28)14-17(3)18-10-6-8-12-21(18)25;;/h6-16H,1-5H3,(H,27,28)(H,29,30);;/q;+1;-1. The zero-order valence-electron chi connectivity index (χ0n) is 20.6. The van der Waals surface area contributed by atoms with E-state index in [0.717, 1.165) is 27.8 Å². The van der Waals surface area contributed by atoms with Gasteiger partial charge in [-0.05, 0) is 46.2 Å². The van der Waals surface area contributed by atoms with E-state index in [2.05, 4.69) is 13.8 Å². The van der Waals surface area contributed by atoms with Crippen LogP contribution in [-0.4, -0.2) is 30.2 Å². The van der Waals surface area contributed by atoms with Crippen LogP contribution in [0.2, 0.25) is 13.1 Å². The van der Waals surface area contributed by atoms with Crippen LogP contribution in [0.15, 0.2) is 60.7 Å². The maximum atomic E-state index is 13.2. The van der Waals surface area contributed by atoms with Gasteiger partial charge in [-0.3, -0.25) is 9.59 Å². The molecule has 4 nitrogen and oxygen atoms in total. The molecule has 0 aromatic heterocycles. The minimum atomic E-state index is -3.25. The Labute approximate surface area is 203 Å². The molecule has 4 rings (SSSR count). The molecule has 2 aliphatic rings. The van der Waals surface area contributed by atoms with Crippen LogP contribution in [0, 0.1) is 5.92 Å². The predicted molar refractivity (Wildman–Crippen MR) is 127 cm³/mol. The molecular formula is C26H29LiO4Si. The van der Waals surface area contributed by atoms with E-state index in [0.29, 0.717) is 5.56 Å². The molecule has 0 bridgehead atoms. The Morgan fingerprint density at radius 1 is 0.844 bits per heavy atom. The largest absolute Gasteiger partial charge is 1.00 e. The van der Waals surface area contributed by atoms with E-state index in [9.17, 15) is 19.8 Å². The summed E-state index contributed by atoms with van der Waals surface area (Å²) in [5, 5.41) is 18.8. The first kappa shape index (κ1) is 24.3. The molecule has 0 saturated heterocycles.